The number of aromatic nitrogens is 1. The minimum Gasteiger partial charge on any atom is -0.311 e. The molecule has 2 nitrogen and oxygen atoms in total. The number of hydrogen-bond acceptors (Lipinski definition) is 1. The number of hydrogen-bond donors (Lipinski definition) is 0. The van der Waals surface area contributed by atoms with Crippen LogP contribution in [-0.4, -0.2) is 10.4 Å². The zero-order valence-electron chi connectivity index (χ0n) is 16.3. The van der Waals surface area contributed by atoms with Crippen molar-refractivity contribution in [3.63, 3.8) is 0 Å². The average molecular weight is 392 g/mol. The maximum absolute atomic E-state index is 13.2. The average Bonchev–Trinajstić information content (AvgIpc) is 2.72. The van der Waals surface area contributed by atoms with E-state index in [0.717, 1.165) is 47.1 Å². The molecule has 0 spiro atoms. The standard InChI is InChI=1S/C25H26ClNO/c1-20-18-27(19-22-12-6-3-7-13-22)25(28)24(14-8-9-17-26)23(20)16-15-21-10-4-2-5-11-21/h2-7,10-13,15-16,18H,8-9,14,17,19H2,1H3/b16-15+. The molecule has 0 aliphatic carbocycles. The van der Waals surface area contributed by atoms with E-state index >= 15 is 0 Å². The molecule has 3 rings (SSSR count). The predicted octanol–water partition coefficient (Wildman–Crippen LogP) is 5.94. The van der Waals surface area contributed by atoms with Gasteiger partial charge in [0, 0.05) is 17.6 Å². The molecule has 0 fully saturated rings. The zero-order chi connectivity index (χ0) is 19.8. The van der Waals surface area contributed by atoms with Crippen molar-refractivity contribution < 1.29 is 0 Å². The molecule has 0 radical (unpaired) electrons. The first-order chi connectivity index (χ1) is 13.7. The summed E-state index contributed by atoms with van der Waals surface area (Å²) in [4.78, 5) is 13.2. The summed E-state index contributed by atoms with van der Waals surface area (Å²) in [7, 11) is 0. The first-order valence-electron chi connectivity index (χ1n) is 9.75. The Labute approximate surface area is 172 Å². The van der Waals surface area contributed by atoms with Crippen LogP contribution in [0.5, 0.6) is 0 Å². The predicted molar refractivity (Wildman–Crippen MR) is 120 cm³/mol. The molecule has 0 aliphatic heterocycles. The van der Waals surface area contributed by atoms with E-state index in [-0.39, 0.29) is 5.56 Å². The van der Waals surface area contributed by atoms with Crippen LogP contribution in [-0.2, 0) is 13.0 Å². The van der Waals surface area contributed by atoms with Crippen LogP contribution < -0.4 is 5.56 Å². The number of aryl methyl sites for hydroxylation is 1. The van der Waals surface area contributed by atoms with E-state index in [1.54, 1.807) is 0 Å². The van der Waals surface area contributed by atoms with Gasteiger partial charge in [-0.25, -0.2) is 0 Å². The van der Waals surface area contributed by atoms with Crippen molar-refractivity contribution in [2.45, 2.75) is 32.7 Å². The summed E-state index contributed by atoms with van der Waals surface area (Å²) < 4.78 is 1.83. The van der Waals surface area contributed by atoms with Gasteiger partial charge in [-0.2, -0.15) is 0 Å². The molecular formula is C25H26ClNO. The molecule has 1 heterocycles. The highest BCUT2D eigenvalue weighted by atomic mass is 35.5. The molecule has 144 valence electrons. The second kappa shape index (κ2) is 10.1. The number of halogens is 1. The SMILES string of the molecule is Cc1cn(Cc2ccccc2)c(=O)c(CCCCCl)c1/C=C/c1ccccc1. The molecule has 0 saturated carbocycles. The molecule has 0 amide bonds. The number of rotatable bonds is 8. The Morgan fingerprint density at radius 3 is 2.29 bits per heavy atom. The molecule has 0 bridgehead atoms. The Morgan fingerprint density at radius 1 is 0.929 bits per heavy atom. The highest BCUT2D eigenvalue weighted by Gasteiger charge is 2.12. The van der Waals surface area contributed by atoms with Crippen LogP contribution in [0.2, 0.25) is 0 Å². The molecule has 0 unspecified atom stereocenters. The van der Waals surface area contributed by atoms with Gasteiger partial charge in [0.15, 0.2) is 0 Å². The zero-order valence-corrected chi connectivity index (χ0v) is 17.0. The summed E-state index contributed by atoms with van der Waals surface area (Å²) in [5.74, 6) is 0.624. The van der Waals surface area contributed by atoms with Crippen LogP contribution in [0.4, 0.5) is 0 Å². The lowest BCUT2D eigenvalue weighted by Crippen LogP contribution is -2.26. The molecule has 0 saturated heterocycles. The third-order valence-electron chi connectivity index (χ3n) is 4.87. The Bertz CT molecular complexity index is 975. The van der Waals surface area contributed by atoms with Gasteiger partial charge in [0.2, 0.25) is 0 Å². The summed E-state index contributed by atoms with van der Waals surface area (Å²) in [6.45, 7) is 2.67. The summed E-state index contributed by atoms with van der Waals surface area (Å²) in [5.41, 5.74) is 5.38. The largest absolute Gasteiger partial charge is 0.311 e. The van der Waals surface area contributed by atoms with Crippen LogP contribution in [0.3, 0.4) is 0 Å². The highest BCUT2D eigenvalue weighted by Crippen LogP contribution is 2.18. The minimum absolute atomic E-state index is 0.0942. The Morgan fingerprint density at radius 2 is 1.61 bits per heavy atom. The van der Waals surface area contributed by atoms with Gasteiger partial charge < -0.3 is 4.57 Å². The smallest absolute Gasteiger partial charge is 0.254 e. The molecule has 3 heteroatoms. The molecular weight excluding hydrogens is 366 g/mol. The van der Waals surface area contributed by atoms with Crippen molar-refractivity contribution in [1.29, 1.82) is 0 Å². The number of benzene rings is 2. The van der Waals surface area contributed by atoms with E-state index in [1.807, 2.05) is 47.2 Å². The van der Waals surface area contributed by atoms with Crippen molar-refractivity contribution in [2.75, 3.05) is 5.88 Å². The second-order valence-corrected chi connectivity index (χ2v) is 7.39. The Kier molecular flexibility index (Phi) is 7.27. The number of pyridine rings is 1. The summed E-state index contributed by atoms with van der Waals surface area (Å²) in [6.07, 6.45) is 8.71. The van der Waals surface area contributed by atoms with Gasteiger partial charge in [-0.3, -0.25) is 4.79 Å². The van der Waals surface area contributed by atoms with E-state index in [2.05, 4.69) is 43.3 Å². The van der Waals surface area contributed by atoms with E-state index in [1.165, 1.54) is 0 Å². The first kappa shape index (κ1) is 20.2. The van der Waals surface area contributed by atoms with Crippen molar-refractivity contribution in [3.05, 3.63) is 105 Å². The van der Waals surface area contributed by atoms with Gasteiger partial charge in [0.1, 0.15) is 0 Å². The van der Waals surface area contributed by atoms with E-state index in [9.17, 15) is 4.79 Å². The molecule has 28 heavy (non-hydrogen) atoms. The van der Waals surface area contributed by atoms with Crippen LogP contribution in [0.1, 0.15) is 40.7 Å². The van der Waals surface area contributed by atoms with Crippen LogP contribution in [0, 0.1) is 6.92 Å². The van der Waals surface area contributed by atoms with Crippen molar-refractivity contribution in [3.8, 4) is 0 Å². The van der Waals surface area contributed by atoms with E-state index < -0.39 is 0 Å². The van der Waals surface area contributed by atoms with E-state index in [0.29, 0.717) is 12.4 Å². The molecule has 3 aromatic rings. The lowest BCUT2D eigenvalue weighted by Gasteiger charge is -2.14. The number of unbranched alkanes of at least 4 members (excludes halogenated alkanes) is 1. The van der Waals surface area contributed by atoms with Gasteiger partial charge in [-0.15, -0.1) is 11.6 Å². The fraction of sp³-hybridized carbons (Fsp3) is 0.240. The Hall–Kier alpha value is -2.58. The Balaban J connectivity index is 1.99. The summed E-state index contributed by atoms with van der Waals surface area (Å²) >= 11 is 5.86. The van der Waals surface area contributed by atoms with Crippen molar-refractivity contribution in [2.24, 2.45) is 0 Å². The van der Waals surface area contributed by atoms with Gasteiger partial charge in [-0.1, -0.05) is 72.8 Å². The fourth-order valence-electron chi connectivity index (χ4n) is 3.40. The van der Waals surface area contributed by atoms with Gasteiger partial charge in [-0.05, 0) is 48.4 Å². The summed E-state index contributed by atoms with van der Waals surface area (Å²) in [6, 6.07) is 20.3. The lowest BCUT2D eigenvalue weighted by atomic mass is 9.98. The van der Waals surface area contributed by atoms with Gasteiger partial charge >= 0.3 is 0 Å². The molecule has 0 aliphatic rings. The summed E-state index contributed by atoms with van der Waals surface area (Å²) in [5, 5.41) is 0. The maximum Gasteiger partial charge on any atom is 0.254 e. The van der Waals surface area contributed by atoms with Gasteiger partial charge in [0.25, 0.3) is 5.56 Å². The highest BCUT2D eigenvalue weighted by molar-refractivity contribution is 6.17. The first-order valence-corrected chi connectivity index (χ1v) is 10.3. The molecule has 0 atom stereocenters. The quantitative estimate of drug-likeness (QED) is 0.344. The van der Waals surface area contributed by atoms with Crippen molar-refractivity contribution in [1.82, 2.24) is 4.57 Å². The third kappa shape index (κ3) is 5.24. The second-order valence-electron chi connectivity index (χ2n) is 7.01. The topological polar surface area (TPSA) is 22.0 Å². The normalized spacial score (nSPS) is 11.2. The van der Waals surface area contributed by atoms with Gasteiger partial charge in [0.05, 0.1) is 6.54 Å². The number of nitrogens with zero attached hydrogens (tertiary/aromatic N) is 1. The third-order valence-corrected chi connectivity index (χ3v) is 5.13. The van der Waals surface area contributed by atoms with E-state index in [4.69, 9.17) is 11.6 Å². The lowest BCUT2D eigenvalue weighted by molar-refractivity contribution is 0.718. The number of alkyl halides is 1. The maximum atomic E-state index is 13.2. The van der Waals surface area contributed by atoms with Crippen LogP contribution >= 0.6 is 11.6 Å². The van der Waals surface area contributed by atoms with Crippen LogP contribution in [0.15, 0.2) is 71.7 Å². The molecule has 1 aromatic heterocycles. The minimum atomic E-state index is 0.0942. The molecule has 0 N–H and O–H groups in total. The molecule has 2 aromatic carbocycles. The van der Waals surface area contributed by atoms with Crippen molar-refractivity contribution >= 4 is 23.8 Å². The fourth-order valence-corrected chi connectivity index (χ4v) is 3.59. The van der Waals surface area contributed by atoms with Crippen LogP contribution in [0.25, 0.3) is 12.2 Å². The monoisotopic (exact) mass is 391 g/mol.